The van der Waals surface area contributed by atoms with Crippen LogP contribution in [0.25, 0.3) is 0 Å². The number of fused-ring (bicyclic) bond motifs is 1. The number of nitrogens with one attached hydrogen (secondary N) is 1. The zero-order valence-corrected chi connectivity index (χ0v) is 26.2. The molecule has 1 unspecified atom stereocenters. The van der Waals surface area contributed by atoms with Gasteiger partial charge < -0.3 is 19.7 Å². The Morgan fingerprint density at radius 1 is 0.952 bits per heavy atom. The van der Waals surface area contributed by atoms with Crippen molar-refractivity contribution in [3.63, 3.8) is 0 Å². The van der Waals surface area contributed by atoms with Gasteiger partial charge in [-0.3, -0.25) is 13.9 Å². The largest absolute Gasteiger partial charge is 0.454 e. The topological polar surface area (TPSA) is 105 Å². The highest BCUT2D eigenvalue weighted by molar-refractivity contribution is 9.10. The molecule has 0 aromatic heterocycles. The maximum atomic E-state index is 14.2. The van der Waals surface area contributed by atoms with E-state index in [1.165, 1.54) is 11.8 Å². The van der Waals surface area contributed by atoms with Gasteiger partial charge in [-0.1, -0.05) is 71.7 Å². The van der Waals surface area contributed by atoms with E-state index in [0.29, 0.717) is 18.0 Å². The van der Waals surface area contributed by atoms with Crippen LogP contribution in [0, 0.1) is 0 Å². The smallest absolute Gasteiger partial charge is 0.244 e. The molecule has 0 saturated heterocycles. The van der Waals surface area contributed by atoms with Crippen LogP contribution in [0.2, 0.25) is 0 Å². The second-order valence-electron chi connectivity index (χ2n) is 9.94. The van der Waals surface area contributed by atoms with E-state index in [-0.39, 0.29) is 37.1 Å². The molecule has 42 heavy (non-hydrogen) atoms. The Labute approximate surface area is 256 Å². The molecule has 2 amide bonds. The van der Waals surface area contributed by atoms with Gasteiger partial charge in [0, 0.05) is 30.0 Å². The molecule has 224 valence electrons. The average Bonchev–Trinajstić information content (AvgIpc) is 3.47. The van der Waals surface area contributed by atoms with Gasteiger partial charge in [-0.15, -0.1) is 0 Å². The van der Waals surface area contributed by atoms with Gasteiger partial charge in [-0.05, 0) is 48.7 Å². The summed E-state index contributed by atoms with van der Waals surface area (Å²) in [5.74, 6) is -0.0977. The van der Waals surface area contributed by atoms with Crippen LogP contribution in [-0.4, -0.2) is 56.8 Å². The van der Waals surface area contributed by atoms with Crippen molar-refractivity contribution in [2.24, 2.45) is 0 Å². The minimum Gasteiger partial charge on any atom is -0.454 e. The Kier molecular flexibility index (Phi) is 10.9. The van der Waals surface area contributed by atoms with Crippen molar-refractivity contribution in [2.45, 2.75) is 45.7 Å². The van der Waals surface area contributed by atoms with Crippen LogP contribution < -0.4 is 19.1 Å². The van der Waals surface area contributed by atoms with Crippen molar-refractivity contribution >= 4 is 43.5 Å². The summed E-state index contributed by atoms with van der Waals surface area (Å²) in [7, 11) is -3.88. The van der Waals surface area contributed by atoms with Gasteiger partial charge >= 0.3 is 0 Å². The number of halogens is 1. The Bertz CT molecular complexity index is 1470. The number of hydrogen-bond donors (Lipinski definition) is 1. The van der Waals surface area contributed by atoms with E-state index in [2.05, 4.69) is 21.2 Å². The number of hydrogen-bond acceptors (Lipinski definition) is 6. The molecular weight excluding hydrogens is 622 g/mol. The van der Waals surface area contributed by atoms with Crippen molar-refractivity contribution in [3.8, 4) is 11.5 Å². The summed E-state index contributed by atoms with van der Waals surface area (Å²) in [6.45, 7) is 3.71. The highest BCUT2D eigenvalue weighted by Crippen LogP contribution is 2.36. The lowest BCUT2D eigenvalue weighted by atomic mass is 10.0. The first kappa shape index (κ1) is 31.4. The maximum absolute atomic E-state index is 14.2. The standard InChI is InChI=1S/C31H36BrN3O6S/c1-3-5-17-33-31(37)27(18-23-9-7-6-8-10-23)34(20-24-11-13-25(32)14-12-24)30(36)21-35(42(38,39)4-2)26-15-16-28-29(19-26)41-22-40-28/h6-16,19,27H,3-5,17-18,20-22H2,1-2H3,(H,33,37). The van der Waals surface area contributed by atoms with Gasteiger partial charge in [0.2, 0.25) is 28.6 Å². The third-order valence-electron chi connectivity index (χ3n) is 6.99. The zero-order chi connectivity index (χ0) is 30.1. The maximum Gasteiger partial charge on any atom is 0.244 e. The predicted molar refractivity (Wildman–Crippen MR) is 166 cm³/mol. The molecule has 1 aliphatic rings. The lowest BCUT2D eigenvalue weighted by molar-refractivity contribution is -0.140. The summed E-state index contributed by atoms with van der Waals surface area (Å²) in [5, 5.41) is 2.99. The van der Waals surface area contributed by atoms with E-state index in [9.17, 15) is 18.0 Å². The van der Waals surface area contributed by atoms with Crippen LogP contribution in [0.3, 0.4) is 0 Å². The van der Waals surface area contributed by atoms with Gasteiger partial charge in [0.05, 0.1) is 11.4 Å². The van der Waals surface area contributed by atoms with E-state index < -0.39 is 28.5 Å². The Hall–Kier alpha value is -3.57. The minimum absolute atomic E-state index is 0.0352. The second kappa shape index (κ2) is 14.6. The first-order valence-corrected chi connectivity index (χ1v) is 16.4. The third-order valence-corrected chi connectivity index (χ3v) is 9.26. The average molecular weight is 659 g/mol. The molecule has 3 aromatic rings. The molecule has 1 aliphatic heterocycles. The number of benzene rings is 3. The summed E-state index contributed by atoms with van der Waals surface area (Å²) in [4.78, 5) is 29.4. The summed E-state index contributed by atoms with van der Waals surface area (Å²) >= 11 is 3.44. The number of sulfonamides is 1. The Balaban J connectivity index is 1.72. The van der Waals surface area contributed by atoms with Crippen LogP contribution in [0.4, 0.5) is 5.69 Å². The van der Waals surface area contributed by atoms with Crippen LogP contribution in [0.5, 0.6) is 11.5 Å². The molecule has 1 heterocycles. The quantitative estimate of drug-likeness (QED) is 0.248. The van der Waals surface area contributed by atoms with E-state index in [4.69, 9.17) is 9.47 Å². The number of anilines is 1. The highest BCUT2D eigenvalue weighted by Gasteiger charge is 2.34. The lowest BCUT2D eigenvalue weighted by Crippen LogP contribution is -2.53. The Morgan fingerprint density at radius 3 is 2.36 bits per heavy atom. The van der Waals surface area contributed by atoms with Gasteiger partial charge in [0.15, 0.2) is 11.5 Å². The van der Waals surface area contributed by atoms with E-state index >= 15 is 0 Å². The van der Waals surface area contributed by atoms with Gasteiger partial charge in [-0.25, -0.2) is 8.42 Å². The molecule has 0 radical (unpaired) electrons. The number of amides is 2. The summed E-state index contributed by atoms with van der Waals surface area (Å²) in [6, 6.07) is 20.9. The highest BCUT2D eigenvalue weighted by atomic mass is 79.9. The van der Waals surface area contributed by atoms with Gasteiger partial charge in [-0.2, -0.15) is 0 Å². The molecule has 0 aliphatic carbocycles. The normalized spacial score (nSPS) is 12.9. The van der Waals surface area contributed by atoms with Crippen molar-refractivity contribution in [1.82, 2.24) is 10.2 Å². The summed E-state index contributed by atoms with van der Waals surface area (Å²) in [5.41, 5.74) is 1.97. The van der Waals surface area contributed by atoms with Crippen molar-refractivity contribution < 1.29 is 27.5 Å². The Morgan fingerprint density at radius 2 is 1.67 bits per heavy atom. The number of ether oxygens (including phenoxy) is 2. The van der Waals surface area contributed by atoms with Crippen LogP contribution in [0.15, 0.2) is 77.3 Å². The molecule has 1 N–H and O–H groups in total. The molecular formula is C31H36BrN3O6S. The monoisotopic (exact) mass is 657 g/mol. The molecule has 3 aromatic carbocycles. The predicted octanol–water partition coefficient (Wildman–Crippen LogP) is 4.89. The molecule has 1 atom stereocenters. The lowest BCUT2D eigenvalue weighted by Gasteiger charge is -2.33. The summed E-state index contributed by atoms with van der Waals surface area (Å²) < 4.78 is 39.5. The van der Waals surface area contributed by atoms with Gasteiger partial charge in [0.1, 0.15) is 12.6 Å². The molecule has 4 rings (SSSR count). The fourth-order valence-electron chi connectivity index (χ4n) is 4.61. The van der Waals surface area contributed by atoms with E-state index in [1.807, 2.05) is 61.5 Å². The van der Waals surface area contributed by atoms with Crippen LogP contribution in [-0.2, 0) is 32.6 Å². The number of nitrogens with zero attached hydrogens (tertiary/aromatic N) is 2. The zero-order valence-electron chi connectivity index (χ0n) is 23.8. The summed E-state index contributed by atoms with van der Waals surface area (Å²) in [6.07, 6.45) is 1.98. The SMILES string of the molecule is CCCCNC(=O)C(Cc1ccccc1)N(Cc1ccc(Br)cc1)C(=O)CN(c1ccc2c(c1)OCO2)S(=O)(=O)CC. The molecule has 0 spiro atoms. The molecule has 0 fully saturated rings. The molecule has 9 nitrogen and oxygen atoms in total. The fourth-order valence-corrected chi connectivity index (χ4v) is 5.92. The van der Waals surface area contributed by atoms with Crippen LogP contribution >= 0.6 is 15.9 Å². The van der Waals surface area contributed by atoms with E-state index in [1.54, 1.807) is 18.2 Å². The van der Waals surface area contributed by atoms with Crippen molar-refractivity contribution in [1.29, 1.82) is 0 Å². The fraction of sp³-hybridized carbons (Fsp3) is 0.355. The number of carbonyl (C=O) groups is 2. The number of unbranched alkanes of at least 4 members (excludes halogenated alkanes) is 1. The first-order chi connectivity index (χ1) is 20.2. The minimum atomic E-state index is -3.88. The second-order valence-corrected chi connectivity index (χ2v) is 13.0. The van der Waals surface area contributed by atoms with Crippen LogP contribution in [0.1, 0.15) is 37.8 Å². The van der Waals surface area contributed by atoms with Crippen molar-refractivity contribution in [2.75, 3.05) is 29.9 Å². The molecule has 0 saturated carbocycles. The van der Waals surface area contributed by atoms with Crippen molar-refractivity contribution in [3.05, 3.63) is 88.4 Å². The third kappa shape index (κ3) is 8.04. The van der Waals surface area contributed by atoms with E-state index in [0.717, 1.165) is 32.7 Å². The number of rotatable bonds is 14. The molecule has 11 heteroatoms. The number of carbonyl (C=O) groups excluding carboxylic acids is 2. The first-order valence-electron chi connectivity index (χ1n) is 14.0. The molecule has 0 bridgehead atoms. The van der Waals surface area contributed by atoms with Gasteiger partial charge in [0.25, 0.3) is 0 Å².